The van der Waals surface area contributed by atoms with Gasteiger partial charge in [-0.25, -0.2) is 0 Å². The van der Waals surface area contributed by atoms with Crippen LogP contribution >= 0.6 is 0 Å². The van der Waals surface area contributed by atoms with Crippen LogP contribution in [0.25, 0.3) is 10.9 Å². The lowest BCUT2D eigenvalue weighted by Crippen LogP contribution is -2.53. The Bertz CT molecular complexity index is 593. The molecule has 2 aromatic rings. The van der Waals surface area contributed by atoms with Gasteiger partial charge in [0.05, 0.1) is 12.7 Å². The standard InChI is InChI=1S/C14H17N3O2/c1-9-13(16-6-7-19-9)14(18)17-11-2-3-12-10(8-11)4-5-15-12/h2-5,8-9,13,15-16H,6-7H2,1H3,(H,17,18)/t9-,13+/m1/s1. The van der Waals surface area contributed by atoms with Crippen molar-refractivity contribution >= 4 is 22.5 Å². The molecule has 3 rings (SSSR count). The lowest BCUT2D eigenvalue weighted by molar-refractivity contribution is -0.123. The van der Waals surface area contributed by atoms with E-state index >= 15 is 0 Å². The molecule has 0 radical (unpaired) electrons. The van der Waals surface area contributed by atoms with Crippen molar-refractivity contribution in [3.8, 4) is 0 Å². The van der Waals surface area contributed by atoms with Crippen LogP contribution in [0.5, 0.6) is 0 Å². The fraction of sp³-hybridized carbons (Fsp3) is 0.357. The first kappa shape index (κ1) is 12.2. The highest BCUT2D eigenvalue weighted by atomic mass is 16.5. The van der Waals surface area contributed by atoms with Crippen molar-refractivity contribution in [2.24, 2.45) is 0 Å². The van der Waals surface area contributed by atoms with E-state index in [4.69, 9.17) is 4.74 Å². The number of hydrogen-bond acceptors (Lipinski definition) is 3. The van der Waals surface area contributed by atoms with Gasteiger partial charge in [0.1, 0.15) is 6.04 Å². The van der Waals surface area contributed by atoms with Gasteiger partial charge in [-0.1, -0.05) is 0 Å². The normalized spacial score (nSPS) is 23.4. The van der Waals surface area contributed by atoms with Gasteiger partial charge < -0.3 is 20.4 Å². The molecule has 2 atom stereocenters. The van der Waals surface area contributed by atoms with E-state index in [-0.39, 0.29) is 18.1 Å². The second-order valence-electron chi connectivity index (χ2n) is 4.78. The van der Waals surface area contributed by atoms with E-state index in [0.29, 0.717) is 13.2 Å². The van der Waals surface area contributed by atoms with E-state index in [0.717, 1.165) is 16.6 Å². The summed E-state index contributed by atoms with van der Waals surface area (Å²) in [4.78, 5) is 15.3. The molecule has 3 N–H and O–H groups in total. The van der Waals surface area contributed by atoms with Crippen molar-refractivity contribution < 1.29 is 9.53 Å². The minimum absolute atomic E-state index is 0.0536. The molecule has 19 heavy (non-hydrogen) atoms. The fourth-order valence-corrected chi connectivity index (χ4v) is 2.38. The summed E-state index contributed by atoms with van der Waals surface area (Å²) in [6, 6.07) is 7.49. The van der Waals surface area contributed by atoms with Crippen LogP contribution in [0.3, 0.4) is 0 Å². The van der Waals surface area contributed by atoms with Gasteiger partial charge in [0, 0.05) is 29.3 Å². The van der Waals surface area contributed by atoms with E-state index in [2.05, 4.69) is 15.6 Å². The van der Waals surface area contributed by atoms with E-state index in [1.807, 2.05) is 37.4 Å². The van der Waals surface area contributed by atoms with Gasteiger partial charge in [0.25, 0.3) is 0 Å². The third-order valence-corrected chi connectivity index (χ3v) is 3.42. The zero-order valence-corrected chi connectivity index (χ0v) is 10.8. The second kappa shape index (κ2) is 5.03. The number of morpholine rings is 1. The summed E-state index contributed by atoms with van der Waals surface area (Å²) < 4.78 is 5.48. The summed E-state index contributed by atoms with van der Waals surface area (Å²) in [6.07, 6.45) is 1.78. The molecule has 5 heteroatoms. The van der Waals surface area contributed by atoms with Gasteiger partial charge in [0.2, 0.25) is 5.91 Å². The van der Waals surface area contributed by atoms with Crippen molar-refractivity contribution in [1.29, 1.82) is 0 Å². The SMILES string of the molecule is C[C@H]1OCCN[C@@H]1C(=O)Nc1ccc2[nH]ccc2c1. The Morgan fingerprint density at radius 1 is 1.42 bits per heavy atom. The number of aromatic amines is 1. The number of carbonyl (C=O) groups is 1. The van der Waals surface area contributed by atoms with Crippen LogP contribution in [0.2, 0.25) is 0 Å². The predicted molar refractivity (Wildman–Crippen MR) is 74.1 cm³/mol. The molecule has 0 spiro atoms. The summed E-state index contributed by atoms with van der Waals surface area (Å²) in [5, 5.41) is 7.19. The number of nitrogens with one attached hydrogen (secondary N) is 3. The number of rotatable bonds is 2. The third kappa shape index (κ3) is 2.47. The van der Waals surface area contributed by atoms with Crippen molar-refractivity contribution in [1.82, 2.24) is 10.3 Å². The Morgan fingerprint density at radius 2 is 2.32 bits per heavy atom. The lowest BCUT2D eigenvalue weighted by Gasteiger charge is -2.29. The van der Waals surface area contributed by atoms with E-state index in [1.165, 1.54) is 0 Å². The molecule has 1 fully saturated rings. The van der Waals surface area contributed by atoms with Gasteiger partial charge in [-0.2, -0.15) is 0 Å². The zero-order chi connectivity index (χ0) is 13.2. The number of hydrogen-bond donors (Lipinski definition) is 3. The minimum Gasteiger partial charge on any atom is -0.375 e. The van der Waals surface area contributed by atoms with Crippen molar-refractivity contribution in [3.63, 3.8) is 0 Å². The van der Waals surface area contributed by atoms with Crippen LogP contribution in [0.4, 0.5) is 5.69 Å². The molecule has 0 saturated carbocycles. The van der Waals surface area contributed by atoms with Crippen LogP contribution in [-0.2, 0) is 9.53 Å². The van der Waals surface area contributed by atoms with Crippen LogP contribution in [0.15, 0.2) is 30.5 Å². The maximum Gasteiger partial charge on any atom is 0.244 e. The number of fused-ring (bicyclic) bond motifs is 1. The molecule has 1 saturated heterocycles. The molecule has 1 aliphatic rings. The highest BCUT2D eigenvalue weighted by molar-refractivity contribution is 5.97. The average molecular weight is 259 g/mol. The Kier molecular flexibility index (Phi) is 3.23. The van der Waals surface area contributed by atoms with Crippen LogP contribution in [0.1, 0.15) is 6.92 Å². The number of aromatic nitrogens is 1. The molecule has 1 amide bonds. The molecule has 1 aromatic carbocycles. The maximum atomic E-state index is 12.2. The fourth-order valence-electron chi connectivity index (χ4n) is 2.38. The molecule has 5 nitrogen and oxygen atoms in total. The third-order valence-electron chi connectivity index (χ3n) is 3.42. The number of H-pyrrole nitrogens is 1. The summed E-state index contributed by atoms with van der Waals surface area (Å²) >= 11 is 0. The quantitative estimate of drug-likeness (QED) is 0.765. The first-order chi connectivity index (χ1) is 9.24. The van der Waals surface area contributed by atoms with Crippen molar-refractivity contribution in [3.05, 3.63) is 30.5 Å². The van der Waals surface area contributed by atoms with Crippen molar-refractivity contribution in [2.75, 3.05) is 18.5 Å². The predicted octanol–water partition coefficient (Wildman–Crippen LogP) is 1.48. The Labute approximate surface area is 111 Å². The second-order valence-corrected chi connectivity index (χ2v) is 4.78. The van der Waals surface area contributed by atoms with E-state index in [9.17, 15) is 4.79 Å². The summed E-state index contributed by atoms with van der Waals surface area (Å²) in [6.45, 7) is 3.27. The van der Waals surface area contributed by atoms with Gasteiger partial charge >= 0.3 is 0 Å². The smallest absolute Gasteiger partial charge is 0.244 e. The Morgan fingerprint density at radius 3 is 3.16 bits per heavy atom. The van der Waals surface area contributed by atoms with E-state index in [1.54, 1.807) is 0 Å². The number of anilines is 1. The number of benzene rings is 1. The largest absolute Gasteiger partial charge is 0.375 e. The maximum absolute atomic E-state index is 12.2. The van der Waals surface area contributed by atoms with Crippen LogP contribution in [-0.4, -0.2) is 36.2 Å². The first-order valence-electron chi connectivity index (χ1n) is 6.47. The molecular weight excluding hydrogens is 242 g/mol. The minimum atomic E-state index is -0.296. The molecule has 2 heterocycles. The Hall–Kier alpha value is -1.85. The molecule has 0 bridgehead atoms. The monoisotopic (exact) mass is 259 g/mol. The topological polar surface area (TPSA) is 66.2 Å². The first-order valence-corrected chi connectivity index (χ1v) is 6.47. The van der Waals surface area contributed by atoms with Crippen LogP contribution < -0.4 is 10.6 Å². The number of carbonyl (C=O) groups excluding carboxylic acids is 1. The summed E-state index contributed by atoms with van der Waals surface area (Å²) in [5.74, 6) is -0.0536. The van der Waals surface area contributed by atoms with Gasteiger partial charge in [-0.05, 0) is 31.2 Å². The molecule has 1 aromatic heterocycles. The molecular formula is C14H17N3O2. The Balaban J connectivity index is 1.74. The van der Waals surface area contributed by atoms with Gasteiger partial charge in [-0.3, -0.25) is 4.79 Å². The summed E-state index contributed by atoms with van der Waals surface area (Å²) in [7, 11) is 0. The van der Waals surface area contributed by atoms with Gasteiger partial charge in [0.15, 0.2) is 0 Å². The summed E-state index contributed by atoms with van der Waals surface area (Å²) in [5.41, 5.74) is 1.86. The van der Waals surface area contributed by atoms with Crippen molar-refractivity contribution in [2.45, 2.75) is 19.1 Å². The number of amides is 1. The van der Waals surface area contributed by atoms with E-state index < -0.39 is 0 Å². The highest BCUT2D eigenvalue weighted by Gasteiger charge is 2.28. The highest BCUT2D eigenvalue weighted by Crippen LogP contribution is 2.18. The van der Waals surface area contributed by atoms with Gasteiger partial charge in [-0.15, -0.1) is 0 Å². The lowest BCUT2D eigenvalue weighted by atomic mass is 10.1. The number of ether oxygens (including phenoxy) is 1. The molecule has 0 aliphatic carbocycles. The molecule has 1 aliphatic heterocycles. The zero-order valence-electron chi connectivity index (χ0n) is 10.8. The average Bonchev–Trinajstić information content (AvgIpc) is 2.86. The molecule has 0 unspecified atom stereocenters. The molecule has 100 valence electrons. The van der Waals surface area contributed by atoms with Crippen LogP contribution in [0, 0.1) is 0 Å².